The minimum absolute atomic E-state index is 0.138. The highest BCUT2D eigenvalue weighted by atomic mass is 31.3. The molecule has 0 radical (unpaired) electrons. The summed E-state index contributed by atoms with van der Waals surface area (Å²) in [5.74, 6) is 0. The summed E-state index contributed by atoms with van der Waals surface area (Å²) in [6.07, 6.45) is -2.49. The number of aromatic amines is 1. The standard InChI is InChI=1S/C11H19N2O13P3/c1-6-4-13(11(16)12-10(6)15)9-3-7(14)8(24-9)5-23-28(19,20)26-29(21,22)25-27(2,17)18/h4,7-9,14H,3,5H2,1-2H3,(H,17,18)(H,19,20)(H,21,22)(H,12,15,16)/t7-,8+,9+/m0/s1. The third kappa shape index (κ3) is 7.06. The van der Waals surface area contributed by atoms with Crippen LogP contribution < -0.4 is 11.2 Å². The lowest BCUT2D eigenvalue weighted by molar-refractivity contribution is -0.0450. The van der Waals surface area contributed by atoms with Gasteiger partial charge in [0, 0.05) is 24.8 Å². The Balaban J connectivity index is 2.03. The Morgan fingerprint density at radius 3 is 2.41 bits per heavy atom. The zero-order valence-electron chi connectivity index (χ0n) is 15.0. The molecule has 1 aliphatic rings. The van der Waals surface area contributed by atoms with Crippen molar-refractivity contribution >= 4 is 23.2 Å². The Morgan fingerprint density at radius 1 is 1.21 bits per heavy atom. The molecule has 166 valence electrons. The maximum atomic E-state index is 11.9. The Labute approximate surface area is 162 Å². The van der Waals surface area contributed by atoms with Gasteiger partial charge in [-0.2, -0.15) is 4.31 Å². The van der Waals surface area contributed by atoms with Crippen molar-refractivity contribution in [2.45, 2.75) is 31.8 Å². The van der Waals surface area contributed by atoms with E-state index in [2.05, 4.69) is 18.1 Å². The molecule has 1 aromatic heterocycles. The van der Waals surface area contributed by atoms with Gasteiger partial charge >= 0.3 is 28.9 Å². The van der Waals surface area contributed by atoms with E-state index in [-0.39, 0.29) is 12.0 Å². The Bertz CT molecular complexity index is 1010. The van der Waals surface area contributed by atoms with Crippen LogP contribution >= 0.6 is 23.2 Å². The summed E-state index contributed by atoms with van der Waals surface area (Å²) in [6, 6.07) is 0. The molecule has 3 unspecified atom stereocenters. The molecule has 0 spiro atoms. The van der Waals surface area contributed by atoms with Crippen molar-refractivity contribution in [1.82, 2.24) is 9.55 Å². The van der Waals surface area contributed by atoms with Gasteiger partial charge < -0.3 is 24.5 Å². The number of hydrogen-bond acceptors (Lipinski definition) is 10. The molecule has 18 heteroatoms. The smallest absolute Gasteiger partial charge is 0.390 e. The third-order valence-electron chi connectivity index (χ3n) is 3.52. The average Bonchev–Trinajstić information content (AvgIpc) is 2.86. The maximum Gasteiger partial charge on any atom is 0.488 e. The summed E-state index contributed by atoms with van der Waals surface area (Å²) in [5, 5.41) is 10.0. The quantitative estimate of drug-likeness (QED) is 0.298. The van der Waals surface area contributed by atoms with E-state index in [9.17, 15) is 38.2 Å². The number of hydrogen-bond donors (Lipinski definition) is 5. The predicted octanol–water partition coefficient (Wildman–Crippen LogP) is -0.441. The van der Waals surface area contributed by atoms with Gasteiger partial charge in [0.05, 0.1) is 12.7 Å². The number of ether oxygens (including phenoxy) is 1. The molecule has 5 N–H and O–H groups in total. The van der Waals surface area contributed by atoms with Gasteiger partial charge in [-0.1, -0.05) is 0 Å². The lowest BCUT2D eigenvalue weighted by Crippen LogP contribution is -2.33. The third-order valence-corrected chi connectivity index (χ3v) is 7.69. The highest BCUT2D eigenvalue weighted by molar-refractivity contribution is 7.68. The second-order valence-electron chi connectivity index (χ2n) is 6.11. The minimum Gasteiger partial charge on any atom is -0.390 e. The molecule has 1 aliphatic heterocycles. The normalized spacial score (nSPS) is 28.4. The first kappa shape index (κ1) is 24.3. The molecule has 2 heterocycles. The lowest BCUT2D eigenvalue weighted by atomic mass is 10.2. The fourth-order valence-corrected chi connectivity index (χ4v) is 5.85. The zero-order valence-corrected chi connectivity index (χ0v) is 17.7. The van der Waals surface area contributed by atoms with Crippen LogP contribution in [0.4, 0.5) is 0 Å². The van der Waals surface area contributed by atoms with Crippen LogP contribution in [-0.2, 0) is 31.6 Å². The van der Waals surface area contributed by atoms with Crippen molar-refractivity contribution < 1.29 is 51.4 Å². The Kier molecular flexibility index (Phi) is 7.26. The number of phosphoric acid groups is 2. The van der Waals surface area contributed by atoms with E-state index in [4.69, 9.17) is 9.63 Å². The van der Waals surface area contributed by atoms with E-state index in [1.165, 1.54) is 13.1 Å². The van der Waals surface area contributed by atoms with Crippen LogP contribution in [-0.4, -0.2) is 54.8 Å². The van der Waals surface area contributed by atoms with E-state index >= 15 is 0 Å². The summed E-state index contributed by atoms with van der Waals surface area (Å²) in [4.78, 5) is 52.9. The van der Waals surface area contributed by atoms with Crippen molar-refractivity contribution in [3.8, 4) is 0 Å². The first-order valence-corrected chi connectivity index (χ1v) is 12.8. The molecule has 1 aromatic rings. The Morgan fingerprint density at radius 2 is 1.83 bits per heavy atom. The average molecular weight is 480 g/mol. The fraction of sp³-hybridized carbons (Fsp3) is 0.636. The van der Waals surface area contributed by atoms with Crippen molar-refractivity contribution in [1.29, 1.82) is 0 Å². The molecule has 0 saturated carbocycles. The van der Waals surface area contributed by atoms with Gasteiger partial charge in [0.25, 0.3) is 5.56 Å². The first-order valence-electron chi connectivity index (χ1n) is 7.77. The molecule has 15 nitrogen and oxygen atoms in total. The summed E-state index contributed by atoms with van der Waals surface area (Å²) in [6.45, 7) is 1.17. The maximum absolute atomic E-state index is 11.9. The number of H-pyrrole nitrogens is 1. The largest absolute Gasteiger partial charge is 0.488 e. The van der Waals surface area contributed by atoms with Gasteiger partial charge in [-0.15, -0.1) is 0 Å². The predicted molar refractivity (Wildman–Crippen MR) is 94.1 cm³/mol. The molecule has 0 aromatic carbocycles. The van der Waals surface area contributed by atoms with Crippen LogP contribution in [0.25, 0.3) is 0 Å². The van der Waals surface area contributed by atoms with Crippen LogP contribution in [0.15, 0.2) is 15.8 Å². The molecular weight excluding hydrogens is 461 g/mol. The van der Waals surface area contributed by atoms with Crippen molar-refractivity contribution in [2.75, 3.05) is 13.3 Å². The number of phosphoric ester groups is 1. The second kappa shape index (κ2) is 8.66. The topological polar surface area (TPSA) is 224 Å². The number of nitrogens with one attached hydrogen (secondary N) is 1. The molecule has 0 amide bonds. The second-order valence-corrected chi connectivity index (χ2v) is 11.2. The molecule has 1 fully saturated rings. The van der Waals surface area contributed by atoms with Gasteiger partial charge in [-0.3, -0.25) is 23.4 Å². The van der Waals surface area contributed by atoms with Crippen LogP contribution in [0.5, 0.6) is 0 Å². The summed E-state index contributed by atoms with van der Waals surface area (Å²) in [5.41, 5.74) is -1.20. The van der Waals surface area contributed by atoms with Crippen molar-refractivity contribution in [3.05, 3.63) is 32.6 Å². The van der Waals surface area contributed by atoms with E-state index in [0.29, 0.717) is 6.66 Å². The van der Waals surface area contributed by atoms with Gasteiger partial charge in [-0.05, 0) is 6.92 Å². The Hall–Kier alpha value is -0.950. The molecule has 29 heavy (non-hydrogen) atoms. The number of aryl methyl sites for hydroxylation is 1. The zero-order chi connectivity index (χ0) is 22.2. The van der Waals surface area contributed by atoms with Gasteiger partial charge in [0.1, 0.15) is 12.3 Å². The highest BCUT2D eigenvalue weighted by Crippen LogP contribution is 2.66. The van der Waals surface area contributed by atoms with Crippen LogP contribution in [0.2, 0.25) is 0 Å². The van der Waals surface area contributed by atoms with Gasteiger partial charge in [0.15, 0.2) is 0 Å². The number of aromatic nitrogens is 2. The number of aliphatic hydroxyl groups is 1. The molecule has 6 atom stereocenters. The van der Waals surface area contributed by atoms with Gasteiger partial charge in [0.2, 0.25) is 0 Å². The number of rotatable bonds is 8. The molecular formula is C11H19N2O13P3. The monoisotopic (exact) mass is 480 g/mol. The molecule has 2 rings (SSSR count). The number of nitrogens with zero attached hydrogens (tertiary/aromatic N) is 1. The number of aliphatic hydroxyl groups excluding tert-OH is 1. The minimum atomic E-state index is -5.42. The van der Waals surface area contributed by atoms with Crippen molar-refractivity contribution in [2.24, 2.45) is 0 Å². The summed E-state index contributed by atoms with van der Waals surface area (Å²) < 4.78 is 52.7. The summed E-state index contributed by atoms with van der Waals surface area (Å²) >= 11 is 0. The highest BCUT2D eigenvalue weighted by Gasteiger charge is 2.42. The SMILES string of the molecule is Cc1cn([C@H]2C[C@H](O)[C@@H](COP(=O)(O)OP(=O)(O)OP(C)(=O)O)O2)c(=O)[nH]c1=O. The molecule has 0 bridgehead atoms. The first-order chi connectivity index (χ1) is 13.1. The molecule has 0 aliphatic carbocycles. The van der Waals surface area contributed by atoms with E-state index < -0.39 is 59.5 Å². The van der Waals surface area contributed by atoms with Gasteiger partial charge in [-0.25, -0.2) is 18.2 Å². The van der Waals surface area contributed by atoms with E-state index in [0.717, 1.165) is 4.57 Å². The molecule has 1 saturated heterocycles. The van der Waals surface area contributed by atoms with Crippen LogP contribution in [0.1, 0.15) is 18.2 Å². The van der Waals surface area contributed by atoms with Crippen LogP contribution in [0.3, 0.4) is 0 Å². The van der Waals surface area contributed by atoms with Crippen molar-refractivity contribution in [3.63, 3.8) is 0 Å². The van der Waals surface area contributed by atoms with E-state index in [1.807, 2.05) is 0 Å². The summed E-state index contributed by atoms with van der Waals surface area (Å²) in [7, 11) is -15.2. The van der Waals surface area contributed by atoms with Crippen LogP contribution in [0, 0.1) is 6.92 Å². The fourth-order valence-electron chi connectivity index (χ4n) is 2.36. The van der Waals surface area contributed by atoms with E-state index in [1.54, 1.807) is 0 Å². The lowest BCUT2D eigenvalue weighted by Gasteiger charge is -2.19.